The zero-order valence-electron chi connectivity index (χ0n) is 6.87. The maximum atomic E-state index is 12.8. The molecule has 0 radical (unpaired) electrons. The van der Waals surface area contributed by atoms with Crippen LogP contribution in [-0.2, 0) is 0 Å². The van der Waals surface area contributed by atoms with E-state index in [0.29, 0.717) is 10.1 Å². The lowest BCUT2D eigenvalue weighted by molar-refractivity contribution is 0.426. The minimum absolute atomic E-state index is 0.195. The molecule has 0 aliphatic carbocycles. The minimum Gasteiger partial charge on any atom is -0.423 e. The van der Waals surface area contributed by atoms with Crippen molar-refractivity contribution < 1.29 is 14.4 Å². The first-order chi connectivity index (χ1) is 6.58. The highest BCUT2D eigenvalue weighted by atomic mass is 35.5. The summed E-state index contributed by atoms with van der Waals surface area (Å²) in [5.41, 5.74) is 0.195. The molecule has 72 valence electrons. The van der Waals surface area contributed by atoms with Gasteiger partial charge in [0.15, 0.2) is 5.13 Å². The van der Waals surface area contributed by atoms with Crippen LogP contribution in [0, 0.1) is 5.13 Å². The van der Waals surface area contributed by atoms with Crippen molar-refractivity contribution in [2.24, 2.45) is 0 Å². The van der Waals surface area contributed by atoms with Gasteiger partial charge in [0.2, 0.25) is 0 Å². The Bertz CT molecular complexity index is 485. The molecule has 2 N–H and O–H groups in total. The van der Waals surface area contributed by atoms with Crippen LogP contribution in [0.25, 0.3) is 10.1 Å². The van der Waals surface area contributed by atoms with Crippen LogP contribution in [0.1, 0.15) is 0 Å². The smallest absolute Gasteiger partial charge is 0.423 e. The van der Waals surface area contributed by atoms with Gasteiger partial charge in [-0.3, -0.25) is 0 Å². The lowest BCUT2D eigenvalue weighted by Crippen LogP contribution is -2.30. The second-order valence-corrected chi connectivity index (χ2v) is 4.28. The highest BCUT2D eigenvalue weighted by molar-refractivity contribution is 7.17. The molecule has 0 unspecified atom stereocenters. The van der Waals surface area contributed by atoms with Crippen molar-refractivity contribution in [2.75, 3.05) is 0 Å². The fourth-order valence-corrected chi connectivity index (χ4v) is 2.33. The summed E-state index contributed by atoms with van der Waals surface area (Å²) in [5, 5.41) is 18.5. The van der Waals surface area contributed by atoms with Crippen molar-refractivity contribution in [1.29, 1.82) is 0 Å². The molecule has 1 aromatic heterocycles. The van der Waals surface area contributed by atoms with Crippen LogP contribution in [0.3, 0.4) is 0 Å². The third-order valence-corrected chi connectivity index (χ3v) is 3.10. The van der Waals surface area contributed by atoms with Crippen molar-refractivity contribution in [1.82, 2.24) is 0 Å². The number of hydrogen-bond acceptors (Lipinski definition) is 3. The summed E-state index contributed by atoms with van der Waals surface area (Å²) < 4.78 is 13.5. The van der Waals surface area contributed by atoms with E-state index < -0.39 is 7.12 Å². The summed E-state index contributed by atoms with van der Waals surface area (Å²) >= 11 is 6.71. The van der Waals surface area contributed by atoms with E-state index >= 15 is 0 Å². The van der Waals surface area contributed by atoms with Crippen molar-refractivity contribution in [3.05, 3.63) is 28.4 Å². The first-order valence-electron chi connectivity index (χ1n) is 3.82. The third kappa shape index (κ3) is 1.64. The van der Waals surface area contributed by atoms with Crippen molar-refractivity contribution in [2.45, 2.75) is 0 Å². The molecule has 0 aliphatic heterocycles. The zero-order valence-corrected chi connectivity index (χ0v) is 8.44. The standard InChI is InChI=1S/C8H5BClFO2S/c10-6-1-4-2-8(11)14-7(4)3-5(6)9(12)13/h1-3,12-13H. The van der Waals surface area contributed by atoms with Crippen LogP contribution in [0.2, 0.25) is 5.02 Å². The summed E-state index contributed by atoms with van der Waals surface area (Å²) in [7, 11) is -1.63. The number of hydrogen-bond donors (Lipinski definition) is 2. The molecule has 1 aromatic carbocycles. The van der Waals surface area contributed by atoms with E-state index in [-0.39, 0.29) is 15.6 Å². The average molecular weight is 230 g/mol. The molecule has 0 bridgehead atoms. The molecule has 6 heteroatoms. The van der Waals surface area contributed by atoms with Gasteiger partial charge in [0.05, 0.1) is 0 Å². The maximum absolute atomic E-state index is 12.8. The van der Waals surface area contributed by atoms with Gasteiger partial charge in [0, 0.05) is 15.2 Å². The lowest BCUT2D eigenvalue weighted by atomic mass is 9.80. The van der Waals surface area contributed by atoms with Gasteiger partial charge in [-0.1, -0.05) is 11.6 Å². The maximum Gasteiger partial charge on any atom is 0.490 e. The molecule has 0 amide bonds. The topological polar surface area (TPSA) is 40.5 Å². The summed E-state index contributed by atoms with van der Waals surface area (Å²) in [6, 6.07) is 4.36. The van der Waals surface area contributed by atoms with Crippen LogP contribution < -0.4 is 5.46 Å². The Morgan fingerprint density at radius 1 is 1.29 bits per heavy atom. The molecule has 0 atom stereocenters. The molecular weight excluding hydrogens is 225 g/mol. The van der Waals surface area contributed by atoms with Gasteiger partial charge in [0.25, 0.3) is 0 Å². The van der Waals surface area contributed by atoms with E-state index in [4.69, 9.17) is 21.6 Å². The molecule has 1 heterocycles. The van der Waals surface area contributed by atoms with Crippen LogP contribution >= 0.6 is 22.9 Å². The van der Waals surface area contributed by atoms with Crippen LogP contribution in [0.5, 0.6) is 0 Å². The summed E-state index contributed by atoms with van der Waals surface area (Å²) in [5.74, 6) is 0. The average Bonchev–Trinajstić information content (AvgIpc) is 2.42. The number of benzene rings is 1. The van der Waals surface area contributed by atoms with E-state index in [1.807, 2.05) is 0 Å². The van der Waals surface area contributed by atoms with Gasteiger partial charge >= 0.3 is 7.12 Å². The SMILES string of the molecule is OB(O)c1cc2sc(F)cc2cc1Cl. The van der Waals surface area contributed by atoms with Crippen molar-refractivity contribution in [3.63, 3.8) is 0 Å². The second-order valence-electron chi connectivity index (χ2n) is 2.84. The fraction of sp³-hybridized carbons (Fsp3) is 0. The Hall–Kier alpha value is -0.615. The Kier molecular flexibility index (Phi) is 2.49. The molecule has 2 aromatic rings. The number of fused-ring (bicyclic) bond motifs is 1. The Labute approximate surface area is 88.7 Å². The Balaban J connectivity index is 2.70. The molecule has 0 saturated heterocycles. The highest BCUT2D eigenvalue weighted by Crippen LogP contribution is 2.25. The Morgan fingerprint density at radius 2 is 2.00 bits per heavy atom. The van der Waals surface area contributed by atoms with Gasteiger partial charge in [-0.2, -0.15) is 4.39 Å². The van der Waals surface area contributed by atoms with Gasteiger partial charge in [-0.25, -0.2) is 0 Å². The summed E-state index contributed by atoms with van der Waals surface area (Å²) in [6.07, 6.45) is 0. The lowest BCUT2D eigenvalue weighted by Gasteiger charge is -2.01. The molecule has 0 spiro atoms. The van der Waals surface area contributed by atoms with E-state index in [0.717, 1.165) is 11.3 Å². The first-order valence-corrected chi connectivity index (χ1v) is 5.02. The van der Waals surface area contributed by atoms with E-state index in [2.05, 4.69) is 0 Å². The van der Waals surface area contributed by atoms with Crippen LogP contribution in [0.4, 0.5) is 4.39 Å². The van der Waals surface area contributed by atoms with E-state index in [1.165, 1.54) is 18.2 Å². The Morgan fingerprint density at radius 3 is 2.64 bits per heavy atom. The number of thiophene rings is 1. The summed E-state index contributed by atoms with van der Waals surface area (Å²) in [6.45, 7) is 0. The molecule has 0 aliphatic rings. The van der Waals surface area contributed by atoms with Gasteiger partial charge in [-0.05, 0) is 23.6 Å². The predicted molar refractivity (Wildman–Crippen MR) is 56.6 cm³/mol. The van der Waals surface area contributed by atoms with Crippen molar-refractivity contribution >= 4 is 45.6 Å². The van der Waals surface area contributed by atoms with Crippen molar-refractivity contribution in [3.8, 4) is 0 Å². The molecule has 2 nitrogen and oxygen atoms in total. The predicted octanol–water partition coefficient (Wildman–Crippen LogP) is 1.37. The third-order valence-electron chi connectivity index (χ3n) is 1.88. The highest BCUT2D eigenvalue weighted by Gasteiger charge is 2.16. The monoisotopic (exact) mass is 230 g/mol. The van der Waals surface area contributed by atoms with E-state index in [9.17, 15) is 4.39 Å². The molecular formula is C8H5BClFO2S. The molecule has 14 heavy (non-hydrogen) atoms. The van der Waals surface area contributed by atoms with Gasteiger partial charge < -0.3 is 10.0 Å². The van der Waals surface area contributed by atoms with Crippen LogP contribution in [-0.4, -0.2) is 17.2 Å². The largest absolute Gasteiger partial charge is 0.490 e. The second kappa shape index (κ2) is 3.51. The molecule has 2 rings (SSSR count). The summed E-state index contributed by atoms with van der Waals surface area (Å²) in [4.78, 5) is 0. The van der Waals surface area contributed by atoms with Gasteiger partial charge in [0.1, 0.15) is 0 Å². The quantitative estimate of drug-likeness (QED) is 0.727. The molecule has 0 fully saturated rings. The number of rotatable bonds is 1. The fourth-order valence-electron chi connectivity index (χ4n) is 1.24. The van der Waals surface area contributed by atoms with Gasteiger partial charge in [-0.15, -0.1) is 11.3 Å². The minimum atomic E-state index is -1.63. The number of halogens is 2. The van der Waals surface area contributed by atoms with Crippen LogP contribution in [0.15, 0.2) is 18.2 Å². The molecule has 0 saturated carbocycles. The first kappa shape index (κ1) is 9.92. The zero-order chi connectivity index (χ0) is 10.3. The van der Waals surface area contributed by atoms with E-state index in [1.54, 1.807) is 0 Å². The normalized spacial score (nSPS) is 10.9.